The highest BCUT2D eigenvalue weighted by atomic mass is 16.6. The summed E-state index contributed by atoms with van der Waals surface area (Å²) in [5.41, 5.74) is 1.72. The fourth-order valence-corrected chi connectivity index (χ4v) is 2.44. The van der Waals surface area contributed by atoms with E-state index in [1.807, 2.05) is 30.3 Å². The van der Waals surface area contributed by atoms with Crippen LogP contribution >= 0.6 is 0 Å². The number of hydrogen-bond acceptors (Lipinski definition) is 6. The molecule has 2 aromatic rings. The van der Waals surface area contributed by atoms with Crippen LogP contribution in [0, 0.1) is 0 Å². The summed E-state index contributed by atoms with van der Waals surface area (Å²) in [6.45, 7) is 4.19. The van der Waals surface area contributed by atoms with Crippen molar-refractivity contribution in [3.63, 3.8) is 0 Å². The molecule has 0 aromatic heterocycles. The van der Waals surface area contributed by atoms with Crippen LogP contribution in [0.15, 0.2) is 54.3 Å². The summed E-state index contributed by atoms with van der Waals surface area (Å²) in [4.78, 5) is 24.6. The normalized spacial score (nSPS) is 10.9. The van der Waals surface area contributed by atoms with E-state index < -0.39 is 11.9 Å². The quantitative estimate of drug-likeness (QED) is 0.370. The van der Waals surface area contributed by atoms with Crippen molar-refractivity contribution in [1.82, 2.24) is 0 Å². The molecule has 0 saturated carbocycles. The molecular weight excluding hydrogens is 360 g/mol. The van der Waals surface area contributed by atoms with Crippen LogP contribution in [0.2, 0.25) is 0 Å². The van der Waals surface area contributed by atoms with Gasteiger partial charge >= 0.3 is 11.9 Å². The molecule has 0 spiro atoms. The van der Waals surface area contributed by atoms with Gasteiger partial charge in [-0.15, -0.1) is 0 Å². The number of rotatable bonds is 9. The number of ether oxygens (including phenoxy) is 4. The van der Waals surface area contributed by atoms with Crippen molar-refractivity contribution in [3.05, 3.63) is 71.0 Å². The highest BCUT2D eigenvalue weighted by Crippen LogP contribution is 2.23. The summed E-state index contributed by atoms with van der Waals surface area (Å²) < 4.78 is 21.0. The molecule has 0 atom stereocenters. The lowest BCUT2D eigenvalue weighted by atomic mass is 10.1. The molecule has 0 fully saturated rings. The zero-order valence-electron chi connectivity index (χ0n) is 16.3. The Bertz CT molecular complexity index is 826. The molecule has 0 aliphatic rings. The highest BCUT2D eigenvalue weighted by molar-refractivity contribution is 5.95. The average Bonchev–Trinajstić information content (AvgIpc) is 2.72. The first kappa shape index (κ1) is 21.0. The maximum absolute atomic E-state index is 12.6. The minimum atomic E-state index is -0.562. The Kier molecular flexibility index (Phi) is 8.09. The Balaban J connectivity index is 2.25. The van der Waals surface area contributed by atoms with Crippen LogP contribution < -0.4 is 4.74 Å². The van der Waals surface area contributed by atoms with Gasteiger partial charge in [-0.1, -0.05) is 36.4 Å². The monoisotopic (exact) mass is 384 g/mol. The lowest BCUT2D eigenvalue weighted by molar-refractivity contribution is -0.142. The number of benzene rings is 2. The molecule has 0 aliphatic carbocycles. The molecule has 0 unspecified atom stereocenters. The highest BCUT2D eigenvalue weighted by Gasteiger charge is 2.17. The number of carbonyl (C=O) groups excluding carboxylic acids is 2. The van der Waals surface area contributed by atoms with E-state index in [1.165, 1.54) is 13.2 Å². The Morgan fingerprint density at radius 2 is 1.64 bits per heavy atom. The molecule has 0 N–H and O–H groups in total. The lowest BCUT2D eigenvalue weighted by Gasteiger charge is -2.11. The largest absolute Gasteiger partial charge is 0.496 e. The second kappa shape index (κ2) is 10.8. The summed E-state index contributed by atoms with van der Waals surface area (Å²) >= 11 is 0. The van der Waals surface area contributed by atoms with E-state index in [2.05, 4.69) is 0 Å². The molecule has 0 aliphatic heterocycles. The van der Waals surface area contributed by atoms with Gasteiger partial charge in [-0.2, -0.15) is 0 Å². The van der Waals surface area contributed by atoms with Gasteiger partial charge in [0, 0.05) is 0 Å². The van der Waals surface area contributed by atoms with Crippen molar-refractivity contribution in [1.29, 1.82) is 0 Å². The predicted octanol–water partition coefficient (Wildman–Crippen LogP) is 3.99. The van der Waals surface area contributed by atoms with Crippen molar-refractivity contribution in [2.45, 2.75) is 20.5 Å². The molecule has 0 amide bonds. The predicted molar refractivity (Wildman–Crippen MR) is 105 cm³/mol. The first-order chi connectivity index (χ1) is 13.6. The van der Waals surface area contributed by atoms with Crippen molar-refractivity contribution in [2.75, 3.05) is 20.3 Å². The third-order valence-corrected chi connectivity index (χ3v) is 3.73. The number of carbonyl (C=O) groups is 2. The zero-order valence-corrected chi connectivity index (χ0v) is 16.3. The van der Waals surface area contributed by atoms with Crippen LogP contribution in [0.3, 0.4) is 0 Å². The summed E-state index contributed by atoms with van der Waals surface area (Å²) in [5.74, 6) is -0.638. The Hall–Kier alpha value is -3.28. The van der Waals surface area contributed by atoms with Gasteiger partial charge in [0.05, 0.1) is 20.3 Å². The van der Waals surface area contributed by atoms with Crippen molar-refractivity contribution < 1.29 is 28.5 Å². The molecule has 28 heavy (non-hydrogen) atoms. The summed E-state index contributed by atoms with van der Waals surface area (Å²) in [5, 5.41) is 0. The van der Waals surface area contributed by atoms with Gasteiger partial charge in [0.15, 0.2) is 0 Å². The first-order valence-corrected chi connectivity index (χ1v) is 8.99. The van der Waals surface area contributed by atoms with E-state index in [9.17, 15) is 9.59 Å². The van der Waals surface area contributed by atoms with Crippen LogP contribution in [-0.2, 0) is 25.6 Å². The van der Waals surface area contributed by atoms with Gasteiger partial charge in [-0.05, 0) is 43.2 Å². The van der Waals surface area contributed by atoms with Crippen molar-refractivity contribution in [2.24, 2.45) is 0 Å². The van der Waals surface area contributed by atoms with Gasteiger partial charge in [0.2, 0.25) is 5.76 Å². The summed E-state index contributed by atoms with van der Waals surface area (Å²) in [6, 6.07) is 14.3. The van der Waals surface area contributed by atoms with E-state index in [-0.39, 0.29) is 24.5 Å². The van der Waals surface area contributed by atoms with Crippen LogP contribution in [0.25, 0.3) is 6.08 Å². The van der Waals surface area contributed by atoms with Crippen LogP contribution in [0.4, 0.5) is 0 Å². The molecule has 148 valence electrons. The van der Waals surface area contributed by atoms with Gasteiger partial charge in [0.25, 0.3) is 0 Å². The van der Waals surface area contributed by atoms with E-state index in [0.29, 0.717) is 17.9 Å². The number of methoxy groups -OCH3 is 1. The number of esters is 2. The van der Waals surface area contributed by atoms with E-state index in [1.54, 1.807) is 32.0 Å². The van der Waals surface area contributed by atoms with E-state index >= 15 is 0 Å². The van der Waals surface area contributed by atoms with Gasteiger partial charge in [-0.3, -0.25) is 0 Å². The number of hydrogen-bond donors (Lipinski definition) is 0. The third-order valence-electron chi connectivity index (χ3n) is 3.73. The van der Waals surface area contributed by atoms with E-state index in [4.69, 9.17) is 18.9 Å². The Labute approximate surface area is 164 Å². The SMILES string of the molecule is CCOC(=O)/C(=C/c1ccc(OC)c(C(=O)OCc2ccccc2)c1)OCC. The Morgan fingerprint density at radius 1 is 0.929 bits per heavy atom. The van der Waals surface area contributed by atoms with Crippen LogP contribution in [0.5, 0.6) is 5.75 Å². The molecule has 2 aromatic carbocycles. The average molecular weight is 384 g/mol. The molecule has 6 nitrogen and oxygen atoms in total. The molecule has 0 saturated heterocycles. The second-order valence-electron chi connectivity index (χ2n) is 5.68. The minimum absolute atomic E-state index is 0.0677. The van der Waals surface area contributed by atoms with Gasteiger partial charge in [-0.25, -0.2) is 9.59 Å². The zero-order chi connectivity index (χ0) is 20.4. The van der Waals surface area contributed by atoms with Gasteiger partial charge in [0.1, 0.15) is 17.9 Å². The van der Waals surface area contributed by atoms with E-state index in [0.717, 1.165) is 5.56 Å². The lowest BCUT2D eigenvalue weighted by Crippen LogP contribution is -2.11. The van der Waals surface area contributed by atoms with Gasteiger partial charge < -0.3 is 18.9 Å². The molecule has 0 radical (unpaired) electrons. The molecular formula is C22H24O6. The fraction of sp³-hybridized carbons (Fsp3) is 0.273. The maximum atomic E-state index is 12.6. The summed E-state index contributed by atoms with van der Waals surface area (Å²) in [6.07, 6.45) is 1.52. The second-order valence-corrected chi connectivity index (χ2v) is 5.68. The molecule has 2 rings (SSSR count). The van der Waals surface area contributed by atoms with Crippen LogP contribution in [-0.4, -0.2) is 32.3 Å². The fourth-order valence-electron chi connectivity index (χ4n) is 2.44. The molecule has 6 heteroatoms. The smallest absolute Gasteiger partial charge is 0.373 e. The summed E-state index contributed by atoms with van der Waals surface area (Å²) in [7, 11) is 1.48. The first-order valence-electron chi connectivity index (χ1n) is 8.99. The van der Waals surface area contributed by atoms with Crippen molar-refractivity contribution in [3.8, 4) is 5.75 Å². The minimum Gasteiger partial charge on any atom is -0.496 e. The van der Waals surface area contributed by atoms with Crippen molar-refractivity contribution >= 4 is 18.0 Å². The maximum Gasteiger partial charge on any atom is 0.373 e. The topological polar surface area (TPSA) is 71.1 Å². The molecule has 0 heterocycles. The molecule has 0 bridgehead atoms. The Morgan fingerprint density at radius 3 is 2.29 bits per heavy atom. The third kappa shape index (κ3) is 5.87. The standard InChI is InChI=1S/C22H24O6/c1-4-26-20(22(24)27-5-2)14-17-11-12-19(25-3)18(13-17)21(23)28-15-16-9-7-6-8-10-16/h6-14H,4-5,15H2,1-3H3/b20-14-. The van der Waals surface area contributed by atoms with Crippen LogP contribution in [0.1, 0.15) is 35.3 Å².